The molecule has 1 rings (SSSR count). The molecule has 0 aliphatic heterocycles. The van der Waals surface area contributed by atoms with Crippen LogP contribution in [0.5, 0.6) is 0 Å². The van der Waals surface area contributed by atoms with Crippen LogP contribution in [0.4, 0.5) is 5.00 Å². The van der Waals surface area contributed by atoms with Crippen LogP contribution in [0.1, 0.15) is 34.6 Å². The maximum atomic E-state index is 12.2. The van der Waals surface area contributed by atoms with Gasteiger partial charge in [0.05, 0.1) is 24.6 Å². The first-order chi connectivity index (χ1) is 10.3. The molecular weight excluding hydrogens is 302 g/mol. The Morgan fingerprint density at radius 3 is 2.59 bits per heavy atom. The third-order valence-electron chi connectivity index (χ3n) is 3.33. The Kier molecular flexibility index (Phi) is 6.44. The van der Waals surface area contributed by atoms with E-state index in [1.165, 1.54) is 11.3 Å². The van der Waals surface area contributed by atoms with Crippen molar-refractivity contribution >= 4 is 28.3 Å². The number of thiophene rings is 1. The number of hydrogen-bond acceptors (Lipinski definition) is 5. The molecule has 1 aromatic heterocycles. The van der Waals surface area contributed by atoms with Gasteiger partial charge in [-0.1, -0.05) is 12.8 Å². The standard InChI is InChI=1S/C16H21NO4S/c1-6-8-17(9-10(3)15(18)19)14-13(16(20)21-7-2)11(4)12(5)22-14/h1,10H,7-9H2,2-5H3,(H,18,19). The molecule has 1 unspecified atom stereocenters. The molecule has 0 aliphatic rings. The molecule has 0 spiro atoms. The number of esters is 1. The summed E-state index contributed by atoms with van der Waals surface area (Å²) in [7, 11) is 0. The summed E-state index contributed by atoms with van der Waals surface area (Å²) in [5.41, 5.74) is 1.33. The monoisotopic (exact) mass is 323 g/mol. The van der Waals surface area contributed by atoms with Gasteiger partial charge in [0.25, 0.3) is 0 Å². The molecule has 0 saturated heterocycles. The molecule has 0 aliphatic carbocycles. The minimum absolute atomic E-state index is 0.240. The number of terminal acetylenes is 1. The number of carboxylic acid groups (broad SMARTS) is 1. The fraction of sp³-hybridized carbons (Fsp3) is 0.500. The van der Waals surface area contributed by atoms with Gasteiger partial charge < -0.3 is 14.7 Å². The number of rotatable bonds is 7. The van der Waals surface area contributed by atoms with Crippen LogP contribution in [0.3, 0.4) is 0 Å². The molecule has 0 bridgehead atoms. The first-order valence-corrected chi connectivity index (χ1v) is 7.83. The molecule has 1 aromatic rings. The Bertz CT molecular complexity index is 600. The number of aryl methyl sites for hydroxylation is 1. The molecule has 0 saturated carbocycles. The number of ether oxygens (including phenoxy) is 1. The molecule has 5 nitrogen and oxygen atoms in total. The van der Waals surface area contributed by atoms with E-state index >= 15 is 0 Å². The lowest BCUT2D eigenvalue weighted by atomic mass is 10.1. The smallest absolute Gasteiger partial charge is 0.341 e. The summed E-state index contributed by atoms with van der Waals surface area (Å²) in [5, 5.41) is 9.78. The average molecular weight is 323 g/mol. The van der Waals surface area contributed by atoms with Crippen molar-refractivity contribution in [1.82, 2.24) is 0 Å². The molecule has 22 heavy (non-hydrogen) atoms. The maximum Gasteiger partial charge on any atom is 0.341 e. The number of aliphatic carboxylic acids is 1. The van der Waals surface area contributed by atoms with Gasteiger partial charge in [0.15, 0.2) is 0 Å². The number of carbonyl (C=O) groups is 2. The fourth-order valence-corrected chi connectivity index (χ4v) is 3.17. The third kappa shape index (κ3) is 4.01. The van der Waals surface area contributed by atoms with E-state index < -0.39 is 17.9 Å². The molecule has 1 atom stereocenters. The van der Waals surface area contributed by atoms with E-state index in [1.807, 2.05) is 13.8 Å². The first-order valence-electron chi connectivity index (χ1n) is 7.01. The van der Waals surface area contributed by atoms with Gasteiger partial charge in [-0.05, 0) is 26.3 Å². The number of nitrogens with zero attached hydrogens (tertiary/aromatic N) is 1. The van der Waals surface area contributed by atoms with Crippen molar-refractivity contribution in [2.24, 2.45) is 5.92 Å². The highest BCUT2D eigenvalue weighted by Gasteiger charge is 2.26. The molecule has 1 N–H and O–H groups in total. The zero-order valence-electron chi connectivity index (χ0n) is 13.3. The number of hydrogen-bond donors (Lipinski definition) is 1. The van der Waals surface area contributed by atoms with Crippen LogP contribution in [0, 0.1) is 32.1 Å². The molecule has 0 aromatic carbocycles. The summed E-state index contributed by atoms with van der Waals surface area (Å²) in [5.74, 6) is 0.636. The number of anilines is 1. The average Bonchev–Trinajstić information content (AvgIpc) is 2.74. The summed E-state index contributed by atoms with van der Waals surface area (Å²) in [6.07, 6.45) is 5.40. The van der Waals surface area contributed by atoms with Crippen LogP contribution in [-0.2, 0) is 9.53 Å². The normalized spacial score (nSPS) is 11.6. The van der Waals surface area contributed by atoms with E-state index in [-0.39, 0.29) is 19.7 Å². The van der Waals surface area contributed by atoms with E-state index in [0.717, 1.165) is 10.4 Å². The number of carbonyl (C=O) groups excluding carboxylic acids is 1. The van der Waals surface area contributed by atoms with Gasteiger partial charge in [-0.15, -0.1) is 17.8 Å². The van der Waals surface area contributed by atoms with Gasteiger partial charge in [-0.3, -0.25) is 4.79 Å². The van der Waals surface area contributed by atoms with E-state index in [9.17, 15) is 9.59 Å². The minimum Gasteiger partial charge on any atom is -0.481 e. The first kappa shape index (κ1) is 18.1. The second-order valence-corrected chi connectivity index (χ2v) is 6.21. The second-order valence-electron chi connectivity index (χ2n) is 5.01. The summed E-state index contributed by atoms with van der Waals surface area (Å²) >= 11 is 1.43. The largest absolute Gasteiger partial charge is 0.481 e. The van der Waals surface area contributed by atoms with Crippen LogP contribution in [0.25, 0.3) is 0 Å². The molecule has 0 radical (unpaired) electrons. The van der Waals surface area contributed by atoms with Crippen molar-refractivity contribution in [3.63, 3.8) is 0 Å². The van der Waals surface area contributed by atoms with Crippen LogP contribution in [-0.4, -0.2) is 36.7 Å². The summed E-state index contributed by atoms with van der Waals surface area (Å²) in [6.45, 7) is 7.90. The van der Waals surface area contributed by atoms with Gasteiger partial charge in [-0.25, -0.2) is 4.79 Å². The lowest BCUT2D eigenvalue weighted by Crippen LogP contribution is -2.32. The third-order valence-corrected chi connectivity index (χ3v) is 4.60. The molecule has 120 valence electrons. The van der Waals surface area contributed by atoms with Crippen molar-refractivity contribution in [2.75, 3.05) is 24.6 Å². The van der Waals surface area contributed by atoms with E-state index in [1.54, 1.807) is 18.7 Å². The van der Waals surface area contributed by atoms with Crippen molar-refractivity contribution in [3.05, 3.63) is 16.0 Å². The Morgan fingerprint density at radius 1 is 1.45 bits per heavy atom. The highest BCUT2D eigenvalue weighted by molar-refractivity contribution is 7.16. The zero-order chi connectivity index (χ0) is 16.9. The Balaban J connectivity index is 3.25. The lowest BCUT2D eigenvalue weighted by Gasteiger charge is -2.24. The predicted molar refractivity (Wildman–Crippen MR) is 87.6 cm³/mol. The van der Waals surface area contributed by atoms with Crippen molar-refractivity contribution in [2.45, 2.75) is 27.7 Å². The van der Waals surface area contributed by atoms with Crippen LogP contribution in [0.2, 0.25) is 0 Å². The van der Waals surface area contributed by atoms with Crippen LogP contribution in [0.15, 0.2) is 0 Å². The quantitative estimate of drug-likeness (QED) is 0.617. The molecule has 6 heteroatoms. The Hall–Kier alpha value is -2.00. The molecular formula is C16H21NO4S. The van der Waals surface area contributed by atoms with Crippen LogP contribution >= 0.6 is 11.3 Å². The van der Waals surface area contributed by atoms with Gasteiger partial charge >= 0.3 is 11.9 Å². The molecule has 0 fully saturated rings. The van der Waals surface area contributed by atoms with E-state index in [0.29, 0.717) is 10.6 Å². The summed E-state index contributed by atoms with van der Waals surface area (Å²) in [6, 6.07) is 0. The van der Waals surface area contributed by atoms with Gasteiger partial charge in [0, 0.05) is 11.4 Å². The fourth-order valence-electron chi connectivity index (χ4n) is 2.01. The summed E-state index contributed by atoms with van der Waals surface area (Å²) < 4.78 is 5.12. The summed E-state index contributed by atoms with van der Waals surface area (Å²) in [4.78, 5) is 26.1. The predicted octanol–water partition coefficient (Wildman–Crippen LogP) is 2.70. The van der Waals surface area contributed by atoms with Crippen molar-refractivity contribution in [3.8, 4) is 12.3 Å². The molecule has 0 amide bonds. The van der Waals surface area contributed by atoms with E-state index in [4.69, 9.17) is 16.3 Å². The second kappa shape index (κ2) is 7.85. The van der Waals surface area contributed by atoms with Gasteiger partial charge in [0.1, 0.15) is 5.00 Å². The minimum atomic E-state index is -0.898. The number of carboxylic acids is 1. The lowest BCUT2D eigenvalue weighted by molar-refractivity contribution is -0.140. The van der Waals surface area contributed by atoms with Gasteiger partial charge in [0.2, 0.25) is 0 Å². The highest BCUT2D eigenvalue weighted by atomic mass is 32.1. The van der Waals surface area contributed by atoms with Crippen LogP contribution < -0.4 is 4.90 Å². The maximum absolute atomic E-state index is 12.2. The zero-order valence-corrected chi connectivity index (χ0v) is 14.1. The SMILES string of the molecule is C#CCN(CC(C)C(=O)O)c1sc(C)c(C)c1C(=O)OCC. The topological polar surface area (TPSA) is 66.8 Å². The van der Waals surface area contributed by atoms with E-state index in [2.05, 4.69) is 5.92 Å². The van der Waals surface area contributed by atoms with Crippen molar-refractivity contribution < 1.29 is 19.4 Å². The Labute approximate surface area is 134 Å². The highest BCUT2D eigenvalue weighted by Crippen LogP contribution is 2.36. The van der Waals surface area contributed by atoms with Gasteiger partial charge in [-0.2, -0.15) is 0 Å². The van der Waals surface area contributed by atoms with Crippen molar-refractivity contribution in [1.29, 1.82) is 0 Å². The Morgan fingerprint density at radius 2 is 2.09 bits per heavy atom. The molecule has 1 heterocycles.